The molecule has 2 aromatic rings. The normalized spacial score (nSPS) is 14.2. The number of carbonyl (C=O) groups is 2. The van der Waals surface area contributed by atoms with Crippen molar-refractivity contribution in [3.8, 4) is 11.5 Å². The standard InChI is InChI=1S/C19H16O5/c1-3-23-14-8-9-15-16(11-14)24-17(18(15)20)10-12-4-6-13(7-5-12)19(21)22-2/h4-11H,3H2,1-2H3/b17-10+. The Kier molecular flexibility index (Phi) is 4.33. The molecule has 0 saturated carbocycles. The van der Waals surface area contributed by atoms with E-state index in [2.05, 4.69) is 4.74 Å². The number of carbonyl (C=O) groups excluding carboxylic acids is 2. The van der Waals surface area contributed by atoms with Gasteiger partial charge in [-0.3, -0.25) is 4.79 Å². The van der Waals surface area contributed by atoms with Gasteiger partial charge in [0.1, 0.15) is 11.5 Å². The van der Waals surface area contributed by atoms with Crippen LogP contribution in [0.4, 0.5) is 0 Å². The smallest absolute Gasteiger partial charge is 0.337 e. The summed E-state index contributed by atoms with van der Waals surface area (Å²) in [5, 5.41) is 0. The van der Waals surface area contributed by atoms with Gasteiger partial charge in [-0.25, -0.2) is 4.79 Å². The Morgan fingerprint density at radius 2 is 1.92 bits per heavy atom. The fraction of sp³-hybridized carbons (Fsp3) is 0.158. The molecule has 0 saturated heterocycles. The minimum Gasteiger partial charge on any atom is -0.494 e. The third-order valence-corrected chi connectivity index (χ3v) is 3.58. The second-order valence-electron chi connectivity index (χ2n) is 5.14. The maximum absolute atomic E-state index is 12.4. The summed E-state index contributed by atoms with van der Waals surface area (Å²) in [6.07, 6.45) is 1.64. The van der Waals surface area contributed by atoms with Crippen molar-refractivity contribution in [1.82, 2.24) is 0 Å². The molecule has 122 valence electrons. The van der Waals surface area contributed by atoms with Crippen LogP contribution >= 0.6 is 0 Å². The zero-order valence-corrected chi connectivity index (χ0v) is 13.4. The van der Waals surface area contributed by atoms with Gasteiger partial charge in [-0.2, -0.15) is 0 Å². The Hall–Kier alpha value is -3.08. The summed E-state index contributed by atoms with van der Waals surface area (Å²) in [4.78, 5) is 23.8. The molecule has 5 heteroatoms. The first-order chi connectivity index (χ1) is 11.6. The van der Waals surface area contributed by atoms with Crippen LogP contribution < -0.4 is 9.47 Å². The molecule has 1 aliphatic rings. The van der Waals surface area contributed by atoms with Gasteiger partial charge in [-0.1, -0.05) is 12.1 Å². The van der Waals surface area contributed by atoms with E-state index in [4.69, 9.17) is 9.47 Å². The second-order valence-corrected chi connectivity index (χ2v) is 5.14. The number of methoxy groups -OCH3 is 1. The van der Waals surface area contributed by atoms with Gasteiger partial charge in [0.2, 0.25) is 5.78 Å². The van der Waals surface area contributed by atoms with Crippen LogP contribution in [0.25, 0.3) is 6.08 Å². The molecule has 2 aromatic carbocycles. The lowest BCUT2D eigenvalue weighted by molar-refractivity contribution is 0.0600. The molecule has 0 aromatic heterocycles. The van der Waals surface area contributed by atoms with Gasteiger partial charge in [0.25, 0.3) is 0 Å². The molecule has 0 atom stereocenters. The number of hydrogen-bond acceptors (Lipinski definition) is 5. The number of rotatable bonds is 4. The summed E-state index contributed by atoms with van der Waals surface area (Å²) in [7, 11) is 1.33. The molecule has 0 amide bonds. The molecular weight excluding hydrogens is 308 g/mol. The Morgan fingerprint density at radius 3 is 2.58 bits per heavy atom. The van der Waals surface area contributed by atoms with Crippen molar-refractivity contribution in [2.24, 2.45) is 0 Å². The van der Waals surface area contributed by atoms with Gasteiger partial charge < -0.3 is 14.2 Å². The van der Waals surface area contributed by atoms with Gasteiger partial charge in [-0.05, 0) is 42.8 Å². The highest BCUT2D eigenvalue weighted by Crippen LogP contribution is 2.34. The van der Waals surface area contributed by atoms with Crippen molar-refractivity contribution in [3.05, 3.63) is 64.9 Å². The second kappa shape index (κ2) is 6.58. The molecule has 1 heterocycles. The van der Waals surface area contributed by atoms with E-state index in [1.165, 1.54) is 7.11 Å². The summed E-state index contributed by atoms with van der Waals surface area (Å²) in [5.74, 6) is 0.809. The first-order valence-corrected chi connectivity index (χ1v) is 7.52. The summed E-state index contributed by atoms with van der Waals surface area (Å²) in [5.41, 5.74) is 1.71. The predicted molar refractivity (Wildman–Crippen MR) is 88.3 cm³/mol. The van der Waals surface area contributed by atoms with Crippen LogP contribution in [0.5, 0.6) is 11.5 Å². The van der Waals surface area contributed by atoms with E-state index in [0.29, 0.717) is 29.2 Å². The Bertz CT molecular complexity index is 818. The molecule has 5 nitrogen and oxygen atoms in total. The molecule has 0 fully saturated rings. The van der Waals surface area contributed by atoms with Crippen LogP contribution in [-0.4, -0.2) is 25.5 Å². The molecule has 0 spiro atoms. The zero-order valence-electron chi connectivity index (χ0n) is 13.4. The van der Waals surface area contributed by atoms with E-state index in [1.54, 1.807) is 48.5 Å². The molecule has 1 aliphatic heterocycles. The van der Waals surface area contributed by atoms with Crippen molar-refractivity contribution < 1.29 is 23.8 Å². The Balaban J connectivity index is 1.84. The highest BCUT2D eigenvalue weighted by Gasteiger charge is 2.27. The number of allylic oxidation sites excluding steroid dienone is 1. The molecule has 0 radical (unpaired) electrons. The van der Waals surface area contributed by atoms with Gasteiger partial charge in [0, 0.05) is 6.07 Å². The van der Waals surface area contributed by atoms with E-state index < -0.39 is 5.97 Å². The largest absolute Gasteiger partial charge is 0.494 e. The van der Waals surface area contributed by atoms with E-state index in [9.17, 15) is 9.59 Å². The third-order valence-electron chi connectivity index (χ3n) is 3.58. The molecule has 24 heavy (non-hydrogen) atoms. The Labute approximate surface area is 139 Å². The van der Waals surface area contributed by atoms with E-state index in [-0.39, 0.29) is 11.5 Å². The predicted octanol–water partition coefficient (Wildman–Crippen LogP) is 3.49. The lowest BCUT2D eigenvalue weighted by Gasteiger charge is -2.04. The number of Topliss-reactive ketones (excluding diaryl/α,β-unsaturated/α-hetero) is 1. The third kappa shape index (κ3) is 3.01. The van der Waals surface area contributed by atoms with Gasteiger partial charge in [-0.15, -0.1) is 0 Å². The van der Waals surface area contributed by atoms with Gasteiger partial charge in [0.15, 0.2) is 5.76 Å². The minimum atomic E-state index is -0.404. The summed E-state index contributed by atoms with van der Waals surface area (Å²) in [6.45, 7) is 2.44. The van der Waals surface area contributed by atoms with Crippen molar-refractivity contribution >= 4 is 17.8 Å². The molecule has 0 unspecified atom stereocenters. The van der Waals surface area contributed by atoms with Crippen LogP contribution in [0.1, 0.15) is 33.2 Å². The van der Waals surface area contributed by atoms with Crippen LogP contribution in [-0.2, 0) is 4.74 Å². The van der Waals surface area contributed by atoms with Crippen molar-refractivity contribution in [1.29, 1.82) is 0 Å². The molecule has 0 bridgehead atoms. The number of hydrogen-bond donors (Lipinski definition) is 0. The van der Waals surface area contributed by atoms with Crippen LogP contribution in [0.2, 0.25) is 0 Å². The maximum Gasteiger partial charge on any atom is 0.337 e. The van der Waals surface area contributed by atoms with Crippen LogP contribution in [0, 0.1) is 0 Å². The van der Waals surface area contributed by atoms with Gasteiger partial charge in [0.05, 0.1) is 24.8 Å². The first-order valence-electron chi connectivity index (χ1n) is 7.52. The van der Waals surface area contributed by atoms with Crippen LogP contribution in [0.3, 0.4) is 0 Å². The molecule has 0 N–H and O–H groups in total. The number of benzene rings is 2. The first kappa shape index (κ1) is 15.8. The summed E-state index contributed by atoms with van der Waals surface area (Å²) >= 11 is 0. The monoisotopic (exact) mass is 324 g/mol. The maximum atomic E-state index is 12.4. The molecular formula is C19H16O5. The fourth-order valence-corrected chi connectivity index (χ4v) is 2.41. The number of ketones is 1. The number of ether oxygens (including phenoxy) is 3. The van der Waals surface area contributed by atoms with Crippen molar-refractivity contribution in [3.63, 3.8) is 0 Å². The summed E-state index contributed by atoms with van der Waals surface area (Å²) in [6, 6.07) is 11.9. The Morgan fingerprint density at radius 1 is 1.17 bits per heavy atom. The molecule has 3 rings (SSSR count). The molecule has 0 aliphatic carbocycles. The van der Waals surface area contributed by atoms with E-state index in [0.717, 1.165) is 5.56 Å². The number of fused-ring (bicyclic) bond motifs is 1. The van der Waals surface area contributed by atoms with Gasteiger partial charge >= 0.3 is 5.97 Å². The average Bonchev–Trinajstić information content (AvgIpc) is 2.90. The SMILES string of the molecule is CCOc1ccc2c(c1)O/C(=C/c1ccc(C(=O)OC)cc1)C2=O. The minimum absolute atomic E-state index is 0.176. The quantitative estimate of drug-likeness (QED) is 0.636. The highest BCUT2D eigenvalue weighted by atomic mass is 16.5. The van der Waals surface area contributed by atoms with Crippen LogP contribution in [0.15, 0.2) is 48.2 Å². The fourth-order valence-electron chi connectivity index (χ4n) is 2.41. The number of esters is 1. The van der Waals surface area contributed by atoms with Crippen molar-refractivity contribution in [2.75, 3.05) is 13.7 Å². The van der Waals surface area contributed by atoms with Crippen molar-refractivity contribution in [2.45, 2.75) is 6.92 Å². The highest BCUT2D eigenvalue weighted by molar-refractivity contribution is 6.14. The topological polar surface area (TPSA) is 61.8 Å². The van der Waals surface area contributed by atoms with E-state index >= 15 is 0 Å². The lowest BCUT2D eigenvalue weighted by atomic mass is 10.1. The lowest BCUT2D eigenvalue weighted by Crippen LogP contribution is -2.01. The van der Waals surface area contributed by atoms with E-state index in [1.807, 2.05) is 6.92 Å². The average molecular weight is 324 g/mol. The summed E-state index contributed by atoms with van der Waals surface area (Å²) < 4.78 is 15.7. The zero-order chi connectivity index (χ0) is 17.1.